The maximum atomic E-state index is 4.46. The number of aromatic nitrogens is 3. The molecule has 0 unspecified atom stereocenters. The highest BCUT2D eigenvalue weighted by Crippen LogP contribution is 2.25. The molecule has 0 saturated heterocycles. The molecule has 0 spiro atoms. The van der Waals surface area contributed by atoms with E-state index < -0.39 is 0 Å². The van der Waals surface area contributed by atoms with Crippen molar-refractivity contribution in [1.29, 1.82) is 0 Å². The first-order valence-electron chi connectivity index (χ1n) is 6.03. The summed E-state index contributed by atoms with van der Waals surface area (Å²) in [6.07, 6.45) is 1.92. The van der Waals surface area contributed by atoms with Gasteiger partial charge in [0.05, 0.1) is 5.69 Å². The maximum Gasteiger partial charge on any atom is 0.102 e. The van der Waals surface area contributed by atoms with Gasteiger partial charge in [-0.2, -0.15) is 5.10 Å². The smallest absolute Gasteiger partial charge is 0.102 e. The standard InChI is InChI=1S/C13H18N4S/c1-4-14-8-11-5-6-12(15-9-11)18-13-7-10(2)16-17(13)3/h5-7,9,14H,4,8H2,1-3H3. The molecule has 0 radical (unpaired) electrons. The van der Waals surface area contributed by atoms with Gasteiger partial charge in [0.15, 0.2) is 0 Å². The van der Waals surface area contributed by atoms with Gasteiger partial charge >= 0.3 is 0 Å². The summed E-state index contributed by atoms with van der Waals surface area (Å²) in [5, 5.41) is 9.72. The van der Waals surface area contributed by atoms with Crippen LogP contribution < -0.4 is 5.32 Å². The number of pyridine rings is 1. The second kappa shape index (κ2) is 6.02. The van der Waals surface area contributed by atoms with Crippen molar-refractivity contribution in [2.24, 2.45) is 7.05 Å². The fourth-order valence-corrected chi connectivity index (χ4v) is 2.49. The third-order valence-electron chi connectivity index (χ3n) is 2.54. The van der Waals surface area contributed by atoms with Crippen molar-refractivity contribution < 1.29 is 0 Å². The average molecular weight is 262 g/mol. The van der Waals surface area contributed by atoms with Gasteiger partial charge < -0.3 is 5.32 Å². The average Bonchev–Trinajstić information content (AvgIpc) is 2.67. The summed E-state index contributed by atoms with van der Waals surface area (Å²) in [5.74, 6) is 0. The van der Waals surface area contributed by atoms with Crippen molar-refractivity contribution in [2.75, 3.05) is 6.54 Å². The third-order valence-corrected chi connectivity index (χ3v) is 3.59. The van der Waals surface area contributed by atoms with Crippen molar-refractivity contribution in [3.63, 3.8) is 0 Å². The first-order chi connectivity index (χ1) is 8.69. The summed E-state index contributed by atoms with van der Waals surface area (Å²) in [6.45, 7) is 5.95. The fraction of sp³-hybridized carbons (Fsp3) is 0.385. The van der Waals surface area contributed by atoms with Gasteiger partial charge in [0.2, 0.25) is 0 Å². The van der Waals surface area contributed by atoms with Crippen molar-refractivity contribution >= 4 is 11.8 Å². The molecule has 0 fully saturated rings. The molecule has 0 bridgehead atoms. The van der Waals surface area contributed by atoms with Gasteiger partial charge in [0, 0.05) is 19.8 Å². The third kappa shape index (κ3) is 3.34. The van der Waals surface area contributed by atoms with E-state index in [1.807, 2.05) is 24.9 Å². The van der Waals surface area contributed by atoms with Crippen molar-refractivity contribution in [1.82, 2.24) is 20.1 Å². The summed E-state index contributed by atoms with van der Waals surface area (Å²) in [4.78, 5) is 4.46. The van der Waals surface area contributed by atoms with Gasteiger partial charge in [0.1, 0.15) is 10.1 Å². The van der Waals surface area contributed by atoms with Gasteiger partial charge in [-0.05, 0) is 31.2 Å². The molecule has 0 aliphatic rings. The van der Waals surface area contributed by atoms with E-state index in [0.29, 0.717) is 0 Å². The van der Waals surface area contributed by atoms with E-state index in [9.17, 15) is 0 Å². The topological polar surface area (TPSA) is 42.7 Å². The minimum atomic E-state index is 0.874. The molecule has 2 heterocycles. The van der Waals surface area contributed by atoms with Crippen LogP contribution in [0.3, 0.4) is 0 Å². The van der Waals surface area contributed by atoms with Gasteiger partial charge in [-0.15, -0.1) is 0 Å². The molecular weight excluding hydrogens is 244 g/mol. The fourth-order valence-electron chi connectivity index (χ4n) is 1.63. The molecule has 2 aromatic rings. The number of nitrogens with one attached hydrogen (secondary N) is 1. The Bertz CT molecular complexity index is 504. The lowest BCUT2D eigenvalue weighted by Gasteiger charge is -2.04. The van der Waals surface area contributed by atoms with Crippen LogP contribution in [0.5, 0.6) is 0 Å². The maximum absolute atomic E-state index is 4.46. The molecule has 0 aliphatic heterocycles. The van der Waals surface area contributed by atoms with Gasteiger partial charge in [-0.1, -0.05) is 24.8 Å². The Morgan fingerprint density at radius 2 is 2.22 bits per heavy atom. The molecule has 4 nitrogen and oxygen atoms in total. The Labute approximate surface area is 112 Å². The number of hydrogen-bond acceptors (Lipinski definition) is 4. The van der Waals surface area contributed by atoms with E-state index in [1.54, 1.807) is 11.8 Å². The van der Waals surface area contributed by atoms with Crippen LogP contribution in [0.1, 0.15) is 18.2 Å². The van der Waals surface area contributed by atoms with E-state index in [0.717, 1.165) is 28.8 Å². The highest BCUT2D eigenvalue weighted by molar-refractivity contribution is 7.99. The quantitative estimate of drug-likeness (QED) is 0.898. The van der Waals surface area contributed by atoms with Crippen molar-refractivity contribution in [3.8, 4) is 0 Å². The summed E-state index contributed by atoms with van der Waals surface area (Å²) in [5.41, 5.74) is 2.24. The van der Waals surface area contributed by atoms with Crippen molar-refractivity contribution in [2.45, 2.75) is 30.4 Å². The van der Waals surface area contributed by atoms with Crippen LogP contribution >= 0.6 is 11.8 Å². The molecule has 0 amide bonds. The van der Waals surface area contributed by atoms with Crippen LogP contribution in [0, 0.1) is 6.92 Å². The van der Waals surface area contributed by atoms with E-state index in [4.69, 9.17) is 0 Å². The summed E-state index contributed by atoms with van der Waals surface area (Å²) >= 11 is 1.64. The first-order valence-corrected chi connectivity index (χ1v) is 6.85. The molecule has 5 heteroatoms. The monoisotopic (exact) mass is 262 g/mol. The molecule has 1 N–H and O–H groups in total. The number of hydrogen-bond donors (Lipinski definition) is 1. The van der Waals surface area contributed by atoms with Crippen LogP contribution in [-0.2, 0) is 13.6 Å². The Morgan fingerprint density at radius 3 is 2.78 bits per heavy atom. The highest BCUT2D eigenvalue weighted by Gasteiger charge is 2.05. The Balaban J connectivity index is 2.04. The molecule has 0 aromatic carbocycles. The molecule has 2 aromatic heterocycles. The predicted molar refractivity (Wildman–Crippen MR) is 73.7 cm³/mol. The zero-order chi connectivity index (χ0) is 13.0. The van der Waals surface area contributed by atoms with E-state index >= 15 is 0 Å². The summed E-state index contributed by atoms with van der Waals surface area (Å²) < 4.78 is 1.88. The molecule has 0 atom stereocenters. The Hall–Kier alpha value is -1.33. The van der Waals surface area contributed by atoms with Crippen LogP contribution in [0.4, 0.5) is 0 Å². The lowest BCUT2D eigenvalue weighted by Crippen LogP contribution is -2.11. The molecule has 0 saturated carbocycles. The van der Waals surface area contributed by atoms with Crippen LogP contribution in [0.2, 0.25) is 0 Å². The molecular formula is C13H18N4S. The minimum Gasteiger partial charge on any atom is -0.313 e. The minimum absolute atomic E-state index is 0.874. The van der Waals surface area contributed by atoms with Gasteiger partial charge in [-0.3, -0.25) is 4.68 Å². The van der Waals surface area contributed by atoms with E-state index in [1.165, 1.54) is 5.56 Å². The largest absolute Gasteiger partial charge is 0.313 e. The Morgan fingerprint density at radius 1 is 1.39 bits per heavy atom. The number of aryl methyl sites for hydroxylation is 2. The second-order valence-electron chi connectivity index (χ2n) is 4.13. The second-order valence-corrected chi connectivity index (χ2v) is 5.18. The number of nitrogens with zero attached hydrogens (tertiary/aromatic N) is 3. The van der Waals surface area contributed by atoms with E-state index in [-0.39, 0.29) is 0 Å². The van der Waals surface area contributed by atoms with Crippen LogP contribution in [0.15, 0.2) is 34.4 Å². The molecule has 18 heavy (non-hydrogen) atoms. The zero-order valence-corrected chi connectivity index (χ0v) is 11.8. The molecule has 96 valence electrons. The predicted octanol–water partition coefficient (Wildman–Crippen LogP) is 2.38. The SMILES string of the molecule is CCNCc1ccc(Sc2cc(C)nn2C)nc1. The van der Waals surface area contributed by atoms with Crippen LogP contribution in [0.25, 0.3) is 0 Å². The zero-order valence-electron chi connectivity index (χ0n) is 11.0. The number of rotatable bonds is 5. The van der Waals surface area contributed by atoms with Crippen LogP contribution in [-0.4, -0.2) is 21.3 Å². The Kier molecular flexibility index (Phi) is 4.38. The normalized spacial score (nSPS) is 10.8. The van der Waals surface area contributed by atoms with Gasteiger partial charge in [-0.25, -0.2) is 4.98 Å². The lowest BCUT2D eigenvalue weighted by molar-refractivity contribution is 0.692. The first kappa shape index (κ1) is 13.1. The molecule has 0 aliphatic carbocycles. The summed E-state index contributed by atoms with van der Waals surface area (Å²) in [7, 11) is 1.95. The van der Waals surface area contributed by atoms with Crippen molar-refractivity contribution in [3.05, 3.63) is 35.7 Å². The lowest BCUT2D eigenvalue weighted by atomic mass is 10.3. The summed E-state index contributed by atoms with van der Waals surface area (Å²) in [6, 6.07) is 6.24. The highest BCUT2D eigenvalue weighted by atomic mass is 32.2. The van der Waals surface area contributed by atoms with Gasteiger partial charge in [0.25, 0.3) is 0 Å². The molecule has 2 rings (SSSR count). The van der Waals surface area contributed by atoms with E-state index in [2.05, 4.69) is 40.5 Å².